The van der Waals surface area contributed by atoms with Crippen LogP contribution in [-0.2, 0) is 22.4 Å². The second kappa shape index (κ2) is 10.7. The molecule has 2 atom stereocenters. The minimum Gasteiger partial charge on any atom is -0.480 e. The highest BCUT2D eigenvalue weighted by molar-refractivity contribution is 5.74. The first-order valence-electron chi connectivity index (χ1n) is 9.81. The molecule has 156 valence electrons. The number of hydrogen-bond donors (Lipinski definition) is 4. The number of benzene rings is 2. The summed E-state index contributed by atoms with van der Waals surface area (Å²) in [5, 5.41) is 25.4. The van der Waals surface area contributed by atoms with Crippen LogP contribution in [0.2, 0.25) is 0 Å². The first-order valence-corrected chi connectivity index (χ1v) is 9.81. The molecule has 0 heterocycles. The van der Waals surface area contributed by atoms with E-state index in [2.05, 4.69) is 10.6 Å². The topological polar surface area (TPSA) is 98.7 Å². The van der Waals surface area contributed by atoms with E-state index >= 15 is 0 Å². The van der Waals surface area contributed by atoms with Crippen molar-refractivity contribution in [2.24, 2.45) is 0 Å². The third-order valence-electron chi connectivity index (χ3n) is 4.87. The highest BCUT2D eigenvalue weighted by Gasteiger charge is 2.27. The molecule has 2 unspecified atom stereocenters. The molecule has 2 rings (SSSR count). The number of carbonyl (C=O) groups is 2. The molecule has 0 aliphatic rings. The highest BCUT2D eigenvalue weighted by atomic mass is 16.4. The van der Waals surface area contributed by atoms with Crippen molar-refractivity contribution in [1.82, 2.24) is 10.6 Å². The second-order valence-electron chi connectivity index (χ2n) is 7.89. The van der Waals surface area contributed by atoms with Crippen molar-refractivity contribution < 1.29 is 19.8 Å². The van der Waals surface area contributed by atoms with Gasteiger partial charge in [-0.15, -0.1) is 0 Å². The fraction of sp³-hybridized carbons (Fsp3) is 0.391. The van der Waals surface area contributed by atoms with E-state index in [-0.39, 0.29) is 0 Å². The molecule has 0 bridgehead atoms. The Morgan fingerprint density at radius 2 is 1.28 bits per heavy atom. The van der Waals surface area contributed by atoms with Crippen LogP contribution in [0.3, 0.4) is 0 Å². The van der Waals surface area contributed by atoms with Crippen molar-refractivity contribution in [1.29, 1.82) is 0 Å². The van der Waals surface area contributed by atoms with Gasteiger partial charge < -0.3 is 15.5 Å². The Morgan fingerprint density at radius 1 is 0.828 bits per heavy atom. The molecule has 0 saturated heterocycles. The Kier molecular flexibility index (Phi) is 8.36. The van der Waals surface area contributed by atoms with Crippen molar-refractivity contribution >= 4 is 11.9 Å². The molecular weight excluding hydrogens is 368 g/mol. The summed E-state index contributed by atoms with van der Waals surface area (Å²) in [4.78, 5) is 23.3. The summed E-state index contributed by atoms with van der Waals surface area (Å²) in [6.07, 6.45) is 1.37. The molecule has 0 aliphatic heterocycles. The first-order chi connectivity index (χ1) is 13.8. The van der Waals surface area contributed by atoms with Gasteiger partial charge in [-0.2, -0.15) is 0 Å². The Hall–Kier alpha value is -2.70. The van der Waals surface area contributed by atoms with E-state index in [9.17, 15) is 19.8 Å². The van der Waals surface area contributed by atoms with Crippen LogP contribution < -0.4 is 10.6 Å². The lowest BCUT2D eigenvalue weighted by molar-refractivity contribution is -0.140. The molecule has 2 aromatic rings. The normalized spacial score (nSPS) is 13.6. The Labute approximate surface area is 172 Å². The summed E-state index contributed by atoms with van der Waals surface area (Å²) in [6, 6.07) is 17.6. The number of nitrogens with one attached hydrogen (secondary N) is 2. The maximum Gasteiger partial charge on any atom is 0.321 e. The van der Waals surface area contributed by atoms with Gasteiger partial charge in [-0.3, -0.25) is 14.9 Å². The lowest BCUT2D eigenvalue weighted by Crippen LogP contribution is -2.52. The van der Waals surface area contributed by atoms with E-state index in [1.165, 1.54) is 0 Å². The van der Waals surface area contributed by atoms with Crippen molar-refractivity contribution in [3.8, 4) is 0 Å². The zero-order chi connectivity index (χ0) is 21.3. The number of aliphatic carboxylic acids is 2. The number of carboxylic acids is 2. The number of rotatable bonds is 12. The molecule has 0 saturated carbocycles. The zero-order valence-electron chi connectivity index (χ0n) is 17.0. The molecule has 2 aromatic carbocycles. The minimum atomic E-state index is -0.901. The molecule has 0 aliphatic carbocycles. The molecule has 6 heteroatoms. The summed E-state index contributed by atoms with van der Waals surface area (Å²) in [5.41, 5.74) is 1.44. The predicted octanol–water partition coefficient (Wildman–Crippen LogP) is 2.73. The van der Waals surface area contributed by atoms with Crippen LogP contribution in [0.4, 0.5) is 0 Å². The van der Waals surface area contributed by atoms with E-state index in [0.29, 0.717) is 25.8 Å². The standard InChI is InChI=1S/C23H30N2O4/c1-23(2,25-20(22(28)29)16-18-11-7-4-8-12-18)13-14-24-19(21(26)27)15-17-9-5-3-6-10-17/h3-12,19-20,24-25H,13-16H2,1-2H3,(H,26,27)(H,28,29). The van der Waals surface area contributed by atoms with Crippen LogP contribution in [0.5, 0.6) is 0 Å². The van der Waals surface area contributed by atoms with Crippen LogP contribution in [0.1, 0.15) is 31.4 Å². The molecular formula is C23H30N2O4. The largest absolute Gasteiger partial charge is 0.480 e. The molecule has 0 aromatic heterocycles. The summed E-state index contributed by atoms with van der Waals surface area (Å²) in [6.45, 7) is 4.33. The SMILES string of the molecule is CC(C)(CCNC(Cc1ccccc1)C(=O)O)NC(Cc1ccccc1)C(=O)O. The van der Waals surface area contributed by atoms with Gasteiger partial charge in [0.05, 0.1) is 0 Å². The van der Waals surface area contributed by atoms with Gasteiger partial charge >= 0.3 is 11.9 Å². The molecule has 0 radical (unpaired) electrons. The quantitative estimate of drug-likeness (QED) is 0.439. The third kappa shape index (κ3) is 8.05. The molecule has 29 heavy (non-hydrogen) atoms. The first kappa shape index (κ1) is 22.6. The van der Waals surface area contributed by atoms with E-state index in [4.69, 9.17) is 0 Å². The molecule has 0 spiro atoms. The lowest BCUT2D eigenvalue weighted by atomic mass is 9.96. The van der Waals surface area contributed by atoms with Gasteiger partial charge in [0.15, 0.2) is 0 Å². The number of hydrogen-bond acceptors (Lipinski definition) is 4. The number of carboxylic acid groups (broad SMARTS) is 2. The third-order valence-corrected chi connectivity index (χ3v) is 4.87. The van der Waals surface area contributed by atoms with E-state index in [1.807, 2.05) is 74.5 Å². The van der Waals surface area contributed by atoms with Crippen molar-refractivity contribution in [3.05, 3.63) is 71.8 Å². The molecule has 0 fully saturated rings. The molecule has 6 nitrogen and oxygen atoms in total. The maximum atomic E-state index is 11.7. The van der Waals surface area contributed by atoms with Gasteiger partial charge in [0.2, 0.25) is 0 Å². The van der Waals surface area contributed by atoms with Crippen LogP contribution >= 0.6 is 0 Å². The van der Waals surface area contributed by atoms with E-state index in [1.54, 1.807) is 0 Å². The summed E-state index contributed by atoms with van der Waals surface area (Å²) >= 11 is 0. The Balaban J connectivity index is 1.89. The van der Waals surface area contributed by atoms with Gasteiger partial charge in [-0.1, -0.05) is 60.7 Å². The molecule has 4 N–H and O–H groups in total. The van der Waals surface area contributed by atoms with Crippen molar-refractivity contribution in [3.63, 3.8) is 0 Å². The highest BCUT2D eigenvalue weighted by Crippen LogP contribution is 2.13. The maximum absolute atomic E-state index is 11.7. The average Bonchev–Trinajstić information content (AvgIpc) is 2.68. The monoisotopic (exact) mass is 398 g/mol. The minimum absolute atomic E-state index is 0.388. The molecule has 0 amide bonds. The van der Waals surface area contributed by atoms with Crippen LogP contribution in [0, 0.1) is 0 Å². The second-order valence-corrected chi connectivity index (χ2v) is 7.89. The Morgan fingerprint density at radius 3 is 1.72 bits per heavy atom. The lowest BCUT2D eigenvalue weighted by Gasteiger charge is -2.31. The van der Waals surface area contributed by atoms with Crippen LogP contribution in [0.15, 0.2) is 60.7 Å². The predicted molar refractivity (Wildman–Crippen MR) is 113 cm³/mol. The summed E-state index contributed by atoms with van der Waals surface area (Å²) in [5.74, 6) is -1.80. The zero-order valence-corrected chi connectivity index (χ0v) is 17.0. The van der Waals surface area contributed by atoms with Crippen LogP contribution in [0.25, 0.3) is 0 Å². The van der Waals surface area contributed by atoms with Gasteiger partial charge in [0, 0.05) is 5.54 Å². The van der Waals surface area contributed by atoms with E-state index < -0.39 is 29.6 Å². The smallest absolute Gasteiger partial charge is 0.321 e. The van der Waals surface area contributed by atoms with Gasteiger partial charge in [0.1, 0.15) is 12.1 Å². The summed E-state index contributed by atoms with van der Waals surface area (Å²) < 4.78 is 0. The van der Waals surface area contributed by atoms with Crippen molar-refractivity contribution in [2.45, 2.75) is 50.7 Å². The fourth-order valence-corrected chi connectivity index (χ4v) is 3.25. The summed E-state index contributed by atoms with van der Waals surface area (Å²) in [7, 11) is 0. The van der Waals surface area contributed by atoms with E-state index in [0.717, 1.165) is 11.1 Å². The van der Waals surface area contributed by atoms with Crippen LogP contribution in [-0.4, -0.2) is 46.3 Å². The van der Waals surface area contributed by atoms with Gasteiger partial charge in [-0.25, -0.2) is 0 Å². The van der Waals surface area contributed by atoms with Gasteiger partial charge in [-0.05, 0) is 50.8 Å². The van der Waals surface area contributed by atoms with Gasteiger partial charge in [0.25, 0.3) is 0 Å². The fourth-order valence-electron chi connectivity index (χ4n) is 3.25. The average molecular weight is 399 g/mol. The van der Waals surface area contributed by atoms with Crippen molar-refractivity contribution in [2.75, 3.05) is 6.54 Å². The Bertz CT molecular complexity index is 778.